The first-order chi connectivity index (χ1) is 12.8. The first-order valence-corrected chi connectivity index (χ1v) is 10.7. The Morgan fingerprint density at radius 2 is 1.67 bits per heavy atom. The molecule has 0 aliphatic carbocycles. The van der Waals surface area contributed by atoms with Crippen molar-refractivity contribution >= 4 is 72.9 Å². The van der Waals surface area contributed by atoms with Crippen molar-refractivity contribution in [3.8, 4) is 6.07 Å². The summed E-state index contributed by atoms with van der Waals surface area (Å²) in [6, 6.07) is 17.8. The molecule has 3 rings (SSSR count). The lowest BCUT2D eigenvalue weighted by molar-refractivity contribution is -0.385. The average molecular weight is 456 g/mol. The second-order valence-corrected chi connectivity index (χ2v) is 9.87. The van der Waals surface area contributed by atoms with Crippen molar-refractivity contribution in [2.45, 2.75) is 13.6 Å². The number of alkyl halides is 3. The molecule has 0 aliphatic heterocycles. The van der Waals surface area contributed by atoms with Crippen molar-refractivity contribution in [2.75, 3.05) is 0 Å². The third-order valence-electron chi connectivity index (χ3n) is 3.70. The highest BCUT2D eigenvalue weighted by Crippen LogP contribution is 2.49. The first kappa shape index (κ1) is 20.1. The summed E-state index contributed by atoms with van der Waals surface area (Å²) < 4.78 is -1.81. The van der Waals surface area contributed by atoms with Crippen LogP contribution in [0.15, 0.2) is 64.4 Å². The van der Waals surface area contributed by atoms with Crippen LogP contribution in [0, 0.1) is 21.4 Å². The molecule has 0 saturated heterocycles. The van der Waals surface area contributed by atoms with Gasteiger partial charge in [-0.1, -0.05) is 86.7 Å². The van der Waals surface area contributed by atoms with Crippen molar-refractivity contribution in [3.63, 3.8) is 0 Å². The lowest BCUT2D eigenvalue weighted by atomic mass is 10.1. The summed E-state index contributed by atoms with van der Waals surface area (Å²) in [6.45, 7) is 0. The van der Waals surface area contributed by atoms with Crippen LogP contribution in [0.5, 0.6) is 0 Å². The molecule has 3 aromatic rings. The Morgan fingerprint density at radius 3 is 2.33 bits per heavy atom. The van der Waals surface area contributed by atoms with Crippen LogP contribution in [-0.2, 0) is 3.79 Å². The number of fused-ring (bicyclic) bond motifs is 1. The minimum Gasteiger partial charge on any atom is -0.258 e. The van der Waals surface area contributed by atoms with Crippen LogP contribution in [0.25, 0.3) is 10.8 Å². The standard InChI is InChI=1S/C18H9Cl3N2O2S2/c19-18(20,21)15-9-12(23(24)25)6-8-17(15)27-26-16-7-5-11-3-1-2-4-13(11)14(16)10-22/h1-9H. The molecule has 27 heavy (non-hydrogen) atoms. The molecule has 0 saturated carbocycles. The molecule has 0 aliphatic rings. The van der Waals surface area contributed by atoms with Crippen molar-refractivity contribution in [3.05, 3.63) is 75.8 Å². The van der Waals surface area contributed by atoms with Gasteiger partial charge in [-0.15, -0.1) is 0 Å². The maximum Gasteiger partial charge on any atom is 0.269 e. The molecule has 3 aromatic carbocycles. The van der Waals surface area contributed by atoms with Gasteiger partial charge in [-0.3, -0.25) is 10.1 Å². The highest BCUT2D eigenvalue weighted by atomic mass is 35.6. The number of benzene rings is 3. The second-order valence-electron chi connectivity index (χ2n) is 5.37. The predicted octanol–water partition coefficient (Wildman–Crippen LogP) is 7.25. The number of non-ortho nitro benzene ring substituents is 1. The number of hydrogen-bond acceptors (Lipinski definition) is 5. The van der Waals surface area contributed by atoms with Crippen LogP contribution in [0.3, 0.4) is 0 Å². The first-order valence-electron chi connectivity index (χ1n) is 7.43. The summed E-state index contributed by atoms with van der Waals surface area (Å²) in [5.74, 6) is 0. The molecule has 0 bridgehead atoms. The van der Waals surface area contributed by atoms with Crippen LogP contribution < -0.4 is 0 Å². The summed E-state index contributed by atoms with van der Waals surface area (Å²) >= 11 is 18.0. The highest BCUT2D eigenvalue weighted by Gasteiger charge is 2.29. The van der Waals surface area contributed by atoms with Crippen LogP contribution in [0.1, 0.15) is 11.1 Å². The Kier molecular flexibility index (Phi) is 6.09. The number of hydrogen-bond donors (Lipinski definition) is 0. The van der Waals surface area contributed by atoms with Gasteiger partial charge in [0.1, 0.15) is 6.07 Å². The molecule has 0 unspecified atom stereocenters. The highest BCUT2D eigenvalue weighted by molar-refractivity contribution is 8.76. The van der Waals surface area contributed by atoms with Crippen LogP contribution in [0.2, 0.25) is 0 Å². The third-order valence-corrected chi connectivity index (χ3v) is 6.78. The van der Waals surface area contributed by atoms with Gasteiger partial charge in [0.05, 0.1) is 10.5 Å². The van der Waals surface area contributed by atoms with Crippen LogP contribution in [0.4, 0.5) is 5.69 Å². The quantitative estimate of drug-likeness (QED) is 0.179. The molecule has 9 heteroatoms. The Morgan fingerprint density at radius 1 is 1.00 bits per heavy atom. The van der Waals surface area contributed by atoms with E-state index in [1.807, 2.05) is 36.4 Å². The van der Waals surface area contributed by atoms with E-state index in [9.17, 15) is 15.4 Å². The minimum absolute atomic E-state index is 0.158. The molecule has 0 spiro atoms. The molecule has 0 fully saturated rings. The monoisotopic (exact) mass is 454 g/mol. The van der Waals surface area contributed by atoms with Crippen molar-refractivity contribution in [1.82, 2.24) is 0 Å². The molecule has 0 atom stereocenters. The molecule has 0 N–H and O–H groups in total. The largest absolute Gasteiger partial charge is 0.269 e. The van der Waals surface area contributed by atoms with Crippen molar-refractivity contribution < 1.29 is 4.92 Å². The number of rotatable bonds is 4. The van der Waals surface area contributed by atoms with E-state index in [2.05, 4.69) is 6.07 Å². The third kappa shape index (κ3) is 4.45. The maximum atomic E-state index is 11.0. The Bertz CT molecular complexity index is 1080. The SMILES string of the molecule is N#Cc1c(SSc2ccc([N+](=O)[O-])cc2C(Cl)(Cl)Cl)ccc2ccccc12. The molecule has 0 amide bonds. The van der Waals surface area contributed by atoms with E-state index in [0.717, 1.165) is 15.7 Å². The number of nitro groups is 1. The second kappa shape index (κ2) is 8.17. The topological polar surface area (TPSA) is 66.9 Å². The van der Waals surface area contributed by atoms with Gasteiger partial charge in [0, 0.05) is 32.9 Å². The summed E-state index contributed by atoms with van der Waals surface area (Å²) in [6.07, 6.45) is 0. The average Bonchev–Trinajstić information content (AvgIpc) is 2.64. The molecule has 0 radical (unpaired) electrons. The summed E-state index contributed by atoms with van der Waals surface area (Å²) in [7, 11) is 2.61. The van der Waals surface area contributed by atoms with Crippen LogP contribution >= 0.6 is 56.4 Å². The molecule has 136 valence electrons. The maximum absolute atomic E-state index is 11.0. The van der Waals surface area contributed by atoms with Gasteiger partial charge < -0.3 is 0 Å². The zero-order valence-electron chi connectivity index (χ0n) is 13.4. The van der Waals surface area contributed by atoms with E-state index in [1.54, 1.807) is 6.07 Å². The fourth-order valence-corrected chi connectivity index (χ4v) is 5.45. The summed E-state index contributed by atoms with van der Waals surface area (Å²) in [5.41, 5.74) is 0.621. The van der Waals surface area contributed by atoms with E-state index in [0.29, 0.717) is 10.5 Å². The predicted molar refractivity (Wildman–Crippen MR) is 113 cm³/mol. The van der Waals surface area contributed by atoms with Gasteiger partial charge in [-0.05, 0) is 17.5 Å². The summed E-state index contributed by atoms with van der Waals surface area (Å²) in [5, 5.41) is 22.4. The minimum atomic E-state index is -1.81. The van der Waals surface area contributed by atoms with E-state index in [4.69, 9.17) is 34.8 Å². The van der Waals surface area contributed by atoms with Crippen LogP contribution in [-0.4, -0.2) is 4.92 Å². The van der Waals surface area contributed by atoms with Crippen molar-refractivity contribution in [1.29, 1.82) is 5.26 Å². The smallest absolute Gasteiger partial charge is 0.258 e. The molecular weight excluding hydrogens is 447 g/mol. The van der Waals surface area contributed by atoms with E-state index in [1.165, 1.54) is 33.7 Å². The number of nitro benzene ring substituents is 1. The van der Waals surface area contributed by atoms with Crippen molar-refractivity contribution in [2.24, 2.45) is 0 Å². The Hall–Kier alpha value is -1.62. The molecule has 0 aromatic heterocycles. The number of nitriles is 1. The van der Waals surface area contributed by atoms with Gasteiger partial charge in [0.25, 0.3) is 5.69 Å². The molecule has 0 heterocycles. The van der Waals surface area contributed by atoms with E-state index < -0.39 is 8.72 Å². The zero-order chi connectivity index (χ0) is 19.6. The van der Waals surface area contributed by atoms with Gasteiger partial charge in [0.2, 0.25) is 3.79 Å². The van der Waals surface area contributed by atoms with E-state index in [-0.39, 0.29) is 11.3 Å². The number of halogens is 3. The fourth-order valence-electron chi connectivity index (χ4n) is 2.45. The normalized spacial score (nSPS) is 11.3. The number of nitrogens with zero attached hydrogens (tertiary/aromatic N) is 2. The van der Waals surface area contributed by atoms with Gasteiger partial charge in [0.15, 0.2) is 0 Å². The Balaban J connectivity index is 1.97. The summed E-state index contributed by atoms with van der Waals surface area (Å²) in [4.78, 5) is 11.8. The van der Waals surface area contributed by atoms with Gasteiger partial charge in [-0.25, -0.2) is 0 Å². The van der Waals surface area contributed by atoms with E-state index >= 15 is 0 Å². The molecule has 4 nitrogen and oxygen atoms in total. The molecular formula is C18H9Cl3N2O2S2. The zero-order valence-corrected chi connectivity index (χ0v) is 17.3. The van der Waals surface area contributed by atoms with Gasteiger partial charge >= 0.3 is 0 Å². The lowest BCUT2D eigenvalue weighted by Gasteiger charge is -2.15. The lowest BCUT2D eigenvalue weighted by Crippen LogP contribution is -2.03. The Labute approximate surface area is 178 Å². The van der Waals surface area contributed by atoms with Gasteiger partial charge in [-0.2, -0.15) is 5.26 Å². The fraction of sp³-hybridized carbons (Fsp3) is 0.0556.